The predicted octanol–water partition coefficient (Wildman–Crippen LogP) is 2.98. The molecule has 1 aliphatic rings. The van der Waals surface area contributed by atoms with Gasteiger partial charge in [-0.2, -0.15) is 18.3 Å². The fourth-order valence-corrected chi connectivity index (χ4v) is 3.98. The number of hydrogen-bond donors (Lipinski definition) is 3. The second-order valence-corrected chi connectivity index (χ2v) is 9.08. The molecule has 0 aliphatic carbocycles. The number of amides is 2. The third-order valence-corrected chi connectivity index (χ3v) is 5.99. The predicted molar refractivity (Wildman–Crippen MR) is 126 cm³/mol. The molecule has 3 heterocycles. The third-order valence-electron chi connectivity index (χ3n) is 5.99. The van der Waals surface area contributed by atoms with Crippen LogP contribution in [0.2, 0.25) is 0 Å². The molecule has 1 fully saturated rings. The highest BCUT2D eigenvalue weighted by molar-refractivity contribution is 5.95. The molecule has 3 aromatic rings. The number of aromatic nitrogens is 4. The van der Waals surface area contributed by atoms with Crippen LogP contribution in [0.25, 0.3) is 5.69 Å². The standard InChI is InChI=1S/C24H28F3N7O3/c1-14(2)22-31-32-23(37-22)18-9-8-15(12-30-18)20(35)28-10-11-29-21(36)17-13-34(16-6-4-3-5-7-16)33-19(17)24(25,26)27/h3-7,13-15,18,30H,8-12H2,1-2H3,(H,28,35)(H,29,36)/t15-,18+/m0/s1. The Kier molecular flexibility index (Phi) is 7.91. The minimum Gasteiger partial charge on any atom is -0.423 e. The Morgan fingerprint density at radius 2 is 1.86 bits per heavy atom. The smallest absolute Gasteiger partial charge is 0.423 e. The normalized spacial score (nSPS) is 18.1. The lowest BCUT2D eigenvalue weighted by molar-refractivity contribution is -0.141. The average molecular weight is 520 g/mol. The molecule has 1 aliphatic heterocycles. The molecule has 2 aromatic heterocycles. The molecule has 1 saturated heterocycles. The van der Waals surface area contributed by atoms with Crippen LogP contribution in [-0.2, 0) is 11.0 Å². The van der Waals surface area contributed by atoms with E-state index < -0.39 is 23.3 Å². The third kappa shape index (κ3) is 6.34. The number of hydrogen-bond acceptors (Lipinski definition) is 7. The summed E-state index contributed by atoms with van der Waals surface area (Å²) in [5.74, 6) is -0.232. The molecular formula is C24H28F3N7O3. The minimum atomic E-state index is -4.80. The van der Waals surface area contributed by atoms with Crippen molar-refractivity contribution in [3.63, 3.8) is 0 Å². The fraction of sp³-hybridized carbons (Fsp3) is 0.458. The number of benzene rings is 1. The first-order chi connectivity index (χ1) is 17.6. The lowest BCUT2D eigenvalue weighted by Gasteiger charge is -2.27. The maximum absolute atomic E-state index is 13.5. The van der Waals surface area contributed by atoms with E-state index in [1.54, 1.807) is 30.3 Å². The highest BCUT2D eigenvalue weighted by Crippen LogP contribution is 2.31. The molecule has 0 unspecified atom stereocenters. The monoisotopic (exact) mass is 519 g/mol. The lowest BCUT2D eigenvalue weighted by atomic mass is 9.94. The van der Waals surface area contributed by atoms with E-state index in [9.17, 15) is 22.8 Å². The SMILES string of the molecule is CC(C)c1nnc([C@H]2CC[C@H](C(=O)NCCNC(=O)c3cn(-c4ccccc4)nc3C(F)(F)F)CN2)o1. The van der Waals surface area contributed by atoms with Gasteiger partial charge in [-0.25, -0.2) is 4.68 Å². The van der Waals surface area contributed by atoms with Crippen LogP contribution in [0.4, 0.5) is 13.2 Å². The van der Waals surface area contributed by atoms with Crippen molar-refractivity contribution in [3.05, 3.63) is 59.6 Å². The van der Waals surface area contributed by atoms with Gasteiger partial charge in [-0.15, -0.1) is 10.2 Å². The van der Waals surface area contributed by atoms with Gasteiger partial charge in [0.2, 0.25) is 17.7 Å². The number of piperidine rings is 1. The summed E-state index contributed by atoms with van der Waals surface area (Å²) in [4.78, 5) is 25.0. The van der Waals surface area contributed by atoms with Crippen molar-refractivity contribution in [1.29, 1.82) is 0 Å². The van der Waals surface area contributed by atoms with Crippen molar-refractivity contribution in [2.75, 3.05) is 19.6 Å². The highest BCUT2D eigenvalue weighted by Gasteiger charge is 2.39. The first kappa shape index (κ1) is 26.3. The van der Waals surface area contributed by atoms with Crippen molar-refractivity contribution in [2.24, 2.45) is 5.92 Å². The Morgan fingerprint density at radius 1 is 1.14 bits per heavy atom. The molecule has 198 valence electrons. The van der Waals surface area contributed by atoms with Gasteiger partial charge < -0.3 is 20.4 Å². The van der Waals surface area contributed by atoms with Gasteiger partial charge in [0.25, 0.3) is 5.91 Å². The van der Waals surface area contributed by atoms with Crippen molar-refractivity contribution in [3.8, 4) is 5.69 Å². The Bertz CT molecular complexity index is 1220. The largest absolute Gasteiger partial charge is 0.435 e. The molecule has 37 heavy (non-hydrogen) atoms. The van der Waals surface area contributed by atoms with Crippen molar-refractivity contribution >= 4 is 11.8 Å². The summed E-state index contributed by atoms with van der Waals surface area (Å²) in [5.41, 5.74) is -1.48. The number of alkyl halides is 3. The van der Waals surface area contributed by atoms with Gasteiger partial charge in [-0.3, -0.25) is 9.59 Å². The van der Waals surface area contributed by atoms with E-state index >= 15 is 0 Å². The Morgan fingerprint density at radius 3 is 2.49 bits per heavy atom. The number of carbonyl (C=O) groups excluding carboxylic acids is 2. The van der Waals surface area contributed by atoms with Gasteiger partial charge in [-0.1, -0.05) is 32.0 Å². The van der Waals surface area contributed by atoms with Gasteiger partial charge in [0.1, 0.15) is 0 Å². The molecular weight excluding hydrogens is 491 g/mol. The van der Waals surface area contributed by atoms with Crippen molar-refractivity contribution in [1.82, 2.24) is 35.9 Å². The number of para-hydroxylation sites is 1. The summed E-state index contributed by atoms with van der Waals surface area (Å²) < 4.78 is 47.1. The lowest BCUT2D eigenvalue weighted by Crippen LogP contribution is -2.44. The van der Waals surface area contributed by atoms with Crippen LogP contribution >= 0.6 is 0 Å². The maximum atomic E-state index is 13.5. The Hall–Kier alpha value is -3.74. The molecule has 0 spiro atoms. The van der Waals surface area contributed by atoms with E-state index in [0.29, 0.717) is 36.9 Å². The van der Waals surface area contributed by atoms with Gasteiger partial charge in [0.05, 0.1) is 23.2 Å². The fourth-order valence-electron chi connectivity index (χ4n) is 3.98. The molecule has 4 rings (SSSR count). The van der Waals surface area contributed by atoms with Crippen LogP contribution in [0.3, 0.4) is 0 Å². The van der Waals surface area contributed by atoms with Crippen molar-refractivity contribution in [2.45, 2.75) is 44.8 Å². The summed E-state index contributed by atoms with van der Waals surface area (Å²) in [7, 11) is 0. The molecule has 1 aromatic carbocycles. The zero-order valence-corrected chi connectivity index (χ0v) is 20.4. The van der Waals surface area contributed by atoms with Gasteiger partial charge >= 0.3 is 6.18 Å². The van der Waals surface area contributed by atoms with Gasteiger partial charge in [0, 0.05) is 31.7 Å². The summed E-state index contributed by atoms with van der Waals surface area (Å²) in [6.07, 6.45) is -2.52. The van der Waals surface area contributed by atoms with E-state index in [-0.39, 0.29) is 36.9 Å². The van der Waals surface area contributed by atoms with Crippen LogP contribution in [0.5, 0.6) is 0 Å². The van der Waals surface area contributed by atoms with E-state index in [1.165, 1.54) is 0 Å². The Balaban J connectivity index is 1.26. The van der Waals surface area contributed by atoms with Crippen LogP contribution in [0.15, 0.2) is 40.9 Å². The quantitative estimate of drug-likeness (QED) is 0.391. The van der Waals surface area contributed by atoms with Crippen LogP contribution in [-0.4, -0.2) is 51.4 Å². The number of nitrogens with zero attached hydrogens (tertiary/aromatic N) is 4. The van der Waals surface area contributed by atoms with Crippen LogP contribution < -0.4 is 16.0 Å². The van der Waals surface area contributed by atoms with Crippen molar-refractivity contribution < 1.29 is 27.2 Å². The molecule has 10 nitrogen and oxygen atoms in total. The second kappa shape index (κ2) is 11.1. The molecule has 0 bridgehead atoms. The Labute approximate surface area is 211 Å². The number of carbonyl (C=O) groups is 2. The summed E-state index contributed by atoms with van der Waals surface area (Å²) in [6, 6.07) is 8.07. The summed E-state index contributed by atoms with van der Waals surface area (Å²) in [6.45, 7) is 4.36. The first-order valence-corrected chi connectivity index (χ1v) is 12.0. The van der Waals surface area contributed by atoms with Crippen LogP contribution in [0.1, 0.15) is 66.5 Å². The summed E-state index contributed by atoms with van der Waals surface area (Å²) in [5, 5.41) is 20.1. The van der Waals surface area contributed by atoms with E-state index in [2.05, 4.69) is 31.2 Å². The zero-order valence-electron chi connectivity index (χ0n) is 20.4. The molecule has 3 N–H and O–H groups in total. The average Bonchev–Trinajstić information content (AvgIpc) is 3.55. The van der Waals surface area contributed by atoms with E-state index in [4.69, 9.17) is 4.42 Å². The first-order valence-electron chi connectivity index (χ1n) is 12.0. The minimum absolute atomic E-state index is 0.0406. The summed E-state index contributed by atoms with van der Waals surface area (Å²) >= 11 is 0. The van der Waals surface area contributed by atoms with Crippen LogP contribution in [0, 0.1) is 5.92 Å². The maximum Gasteiger partial charge on any atom is 0.435 e. The highest BCUT2D eigenvalue weighted by atomic mass is 19.4. The number of halogens is 3. The molecule has 2 amide bonds. The molecule has 0 radical (unpaired) electrons. The topological polar surface area (TPSA) is 127 Å². The molecule has 0 saturated carbocycles. The molecule has 13 heteroatoms. The number of nitrogens with one attached hydrogen (secondary N) is 3. The van der Waals surface area contributed by atoms with E-state index in [1.807, 2.05) is 13.8 Å². The zero-order chi connectivity index (χ0) is 26.6. The molecule has 2 atom stereocenters. The number of rotatable bonds is 8. The van der Waals surface area contributed by atoms with Gasteiger partial charge in [-0.05, 0) is 25.0 Å². The van der Waals surface area contributed by atoms with Gasteiger partial charge in [0.15, 0.2) is 5.69 Å². The second-order valence-electron chi connectivity index (χ2n) is 9.08. The van der Waals surface area contributed by atoms with E-state index in [0.717, 1.165) is 10.9 Å².